The van der Waals surface area contributed by atoms with Crippen LogP contribution in [-0.4, -0.2) is 15.7 Å². The van der Waals surface area contributed by atoms with Gasteiger partial charge in [-0.15, -0.1) is 0 Å². The van der Waals surface area contributed by atoms with E-state index >= 15 is 0 Å². The van der Waals surface area contributed by atoms with Gasteiger partial charge in [-0.05, 0) is 74.6 Å². The monoisotopic (exact) mass is 439 g/mol. The lowest BCUT2D eigenvalue weighted by Gasteiger charge is -2.09. The summed E-state index contributed by atoms with van der Waals surface area (Å²) in [6.45, 7) is 4.37. The van der Waals surface area contributed by atoms with Gasteiger partial charge in [0.2, 0.25) is 5.91 Å². The molecule has 0 saturated heterocycles. The van der Waals surface area contributed by atoms with Crippen molar-refractivity contribution >= 4 is 40.9 Å². The Kier molecular flexibility index (Phi) is 5.98. The number of rotatable bonds is 5. The molecular formula is C24H23Cl2N3O. The van der Waals surface area contributed by atoms with E-state index in [0.717, 1.165) is 41.0 Å². The second kappa shape index (κ2) is 8.66. The molecule has 0 spiro atoms. The van der Waals surface area contributed by atoms with E-state index in [1.54, 1.807) is 6.08 Å². The summed E-state index contributed by atoms with van der Waals surface area (Å²) in [5.74, 6) is -0.159. The van der Waals surface area contributed by atoms with Gasteiger partial charge >= 0.3 is 0 Å². The minimum absolute atomic E-state index is 0.159. The zero-order valence-electron chi connectivity index (χ0n) is 17.0. The molecule has 0 fully saturated rings. The lowest BCUT2D eigenvalue weighted by molar-refractivity contribution is -0.111. The summed E-state index contributed by atoms with van der Waals surface area (Å²) in [4.78, 5) is 12.4. The first-order chi connectivity index (χ1) is 14.4. The van der Waals surface area contributed by atoms with Crippen LogP contribution in [0.2, 0.25) is 10.0 Å². The maximum atomic E-state index is 12.4. The quantitative estimate of drug-likeness (QED) is 0.495. The van der Waals surface area contributed by atoms with Crippen molar-refractivity contribution in [1.29, 1.82) is 0 Å². The fraction of sp³-hybridized carbons (Fsp3) is 0.250. The van der Waals surface area contributed by atoms with Gasteiger partial charge in [-0.1, -0.05) is 35.3 Å². The van der Waals surface area contributed by atoms with Gasteiger partial charge < -0.3 is 5.32 Å². The number of fused-ring (bicyclic) bond motifs is 1. The number of hydrogen-bond acceptors (Lipinski definition) is 2. The number of hydrogen-bond donors (Lipinski definition) is 1. The first-order valence-electron chi connectivity index (χ1n) is 10.00. The Morgan fingerprint density at radius 2 is 1.87 bits per heavy atom. The van der Waals surface area contributed by atoms with Gasteiger partial charge in [0.15, 0.2) is 0 Å². The van der Waals surface area contributed by atoms with E-state index in [1.807, 2.05) is 48.9 Å². The van der Waals surface area contributed by atoms with Gasteiger partial charge in [0.05, 0.1) is 12.2 Å². The standard InChI is InChI=1S/C24H23Cl2N3O/c1-15-20(16(2)29(28-15)14-21-22(25)7-4-8-23(21)26)11-12-24(30)27-19-10-9-17-5-3-6-18(17)13-19/h4,7-13H,3,5-6,14H2,1-2H3,(H,27,30)/b12-11+. The molecule has 4 nitrogen and oxygen atoms in total. The maximum Gasteiger partial charge on any atom is 0.248 e. The van der Waals surface area contributed by atoms with E-state index in [1.165, 1.54) is 17.5 Å². The third-order valence-electron chi connectivity index (χ3n) is 5.57. The van der Waals surface area contributed by atoms with Crippen molar-refractivity contribution in [3.63, 3.8) is 0 Å². The second-order valence-corrected chi connectivity index (χ2v) is 8.42. The van der Waals surface area contributed by atoms with Crippen LogP contribution in [0.3, 0.4) is 0 Å². The minimum atomic E-state index is -0.159. The highest BCUT2D eigenvalue weighted by atomic mass is 35.5. The first-order valence-corrected chi connectivity index (χ1v) is 10.8. The molecule has 0 aliphatic heterocycles. The molecule has 1 aliphatic rings. The Labute approximate surface area is 186 Å². The van der Waals surface area contributed by atoms with Crippen LogP contribution in [0.5, 0.6) is 0 Å². The Bertz CT molecular complexity index is 1130. The number of anilines is 1. The van der Waals surface area contributed by atoms with Crippen LogP contribution >= 0.6 is 23.2 Å². The number of aryl methyl sites for hydroxylation is 3. The van der Waals surface area contributed by atoms with E-state index in [2.05, 4.69) is 22.5 Å². The van der Waals surface area contributed by atoms with Gasteiger partial charge in [0.1, 0.15) is 0 Å². The van der Waals surface area contributed by atoms with Crippen LogP contribution in [0.4, 0.5) is 5.69 Å². The SMILES string of the molecule is Cc1nn(Cc2c(Cl)cccc2Cl)c(C)c1/C=C/C(=O)Nc1ccc2c(c1)CCC2. The van der Waals surface area contributed by atoms with Crippen molar-refractivity contribution in [2.24, 2.45) is 0 Å². The Hall–Kier alpha value is -2.56. The molecule has 1 N–H and O–H groups in total. The van der Waals surface area contributed by atoms with Crippen LogP contribution in [0.15, 0.2) is 42.5 Å². The number of halogens is 2. The van der Waals surface area contributed by atoms with Crippen molar-refractivity contribution in [3.05, 3.63) is 86.2 Å². The average Bonchev–Trinajstić information content (AvgIpc) is 3.27. The summed E-state index contributed by atoms with van der Waals surface area (Å²) in [5.41, 5.74) is 7.10. The minimum Gasteiger partial charge on any atom is -0.323 e. The van der Waals surface area contributed by atoms with Crippen LogP contribution in [0, 0.1) is 13.8 Å². The number of aromatic nitrogens is 2. The van der Waals surface area contributed by atoms with E-state index in [-0.39, 0.29) is 5.91 Å². The highest BCUT2D eigenvalue weighted by molar-refractivity contribution is 6.35. The van der Waals surface area contributed by atoms with E-state index in [9.17, 15) is 4.79 Å². The summed E-state index contributed by atoms with van der Waals surface area (Å²) < 4.78 is 1.86. The van der Waals surface area contributed by atoms with Crippen molar-refractivity contribution in [1.82, 2.24) is 9.78 Å². The highest BCUT2D eigenvalue weighted by Crippen LogP contribution is 2.27. The molecule has 1 aliphatic carbocycles. The third-order valence-corrected chi connectivity index (χ3v) is 6.28. The number of carbonyl (C=O) groups is 1. The molecular weight excluding hydrogens is 417 g/mol. The van der Waals surface area contributed by atoms with Crippen molar-refractivity contribution in [3.8, 4) is 0 Å². The number of nitrogens with one attached hydrogen (secondary N) is 1. The number of benzene rings is 2. The predicted molar refractivity (Wildman–Crippen MR) is 123 cm³/mol. The number of amides is 1. The molecule has 6 heteroatoms. The Balaban J connectivity index is 1.49. The van der Waals surface area contributed by atoms with Crippen molar-refractivity contribution in [2.75, 3.05) is 5.32 Å². The third kappa shape index (κ3) is 4.30. The van der Waals surface area contributed by atoms with Crippen molar-refractivity contribution in [2.45, 2.75) is 39.7 Å². The van der Waals surface area contributed by atoms with Gasteiger partial charge in [-0.3, -0.25) is 9.48 Å². The molecule has 1 amide bonds. The van der Waals surface area contributed by atoms with Crippen LogP contribution < -0.4 is 5.32 Å². The van der Waals surface area contributed by atoms with Crippen LogP contribution in [0.1, 0.15) is 40.1 Å². The van der Waals surface area contributed by atoms with Gasteiger partial charge in [0.25, 0.3) is 0 Å². The summed E-state index contributed by atoms with van der Waals surface area (Å²) in [6, 6.07) is 11.6. The number of nitrogens with zero attached hydrogens (tertiary/aromatic N) is 2. The van der Waals surface area contributed by atoms with E-state index in [0.29, 0.717) is 16.6 Å². The molecule has 154 valence electrons. The predicted octanol–water partition coefficient (Wildman–Crippen LogP) is 6.00. The fourth-order valence-electron chi connectivity index (χ4n) is 3.93. The molecule has 0 atom stereocenters. The van der Waals surface area contributed by atoms with E-state index < -0.39 is 0 Å². The van der Waals surface area contributed by atoms with Gasteiger partial charge in [-0.25, -0.2) is 0 Å². The summed E-state index contributed by atoms with van der Waals surface area (Å²) in [5, 5.41) is 8.78. The molecule has 0 unspecified atom stereocenters. The molecule has 1 aromatic heterocycles. The largest absolute Gasteiger partial charge is 0.323 e. The molecule has 0 saturated carbocycles. The van der Waals surface area contributed by atoms with Gasteiger partial charge in [-0.2, -0.15) is 5.10 Å². The smallest absolute Gasteiger partial charge is 0.248 e. The van der Waals surface area contributed by atoms with Crippen LogP contribution in [-0.2, 0) is 24.2 Å². The topological polar surface area (TPSA) is 46.9 Å². The summed E-state index contributed by atoms with van der Waals surface area (Å²) >= 11 is 12.6. The normalized spacial score (nSPS) is 13.1. The maximum absolute atomic E-state index is 12.4. The Morgan fingerprint density at radius 1 is 1.13 bits per heavy atom. The summed E-state index contributed by atoms with van der Waals surface area (Å²) in [6.07, 6.45) is 6.77. The second-order valence-electron chi connectivity index (χ2n) is 7.60. The molecule has 4 rings (SSSR count). The summed E-state index contributed by atoms with van der Waals surface area (Å²) in [7, 11) is 0. The highest BCUT2D eigenvalue weighted by Gasteiger charge is 2.14. The first kappa shape index (κ1) is 20.7. The van der Waals surface area contributed by atoms with Crippen molar-refractivity contribution < 1.29 is 4.79 Å². The lowest BCUT2D eigenvalue weighted by atomic mass is 10.1. The molecule has 0 radical (unpaired) electrons. The molecule has 3 aromatic rings. The molecule has 1 heterocycles. The number of carbonyl (C=O) groups excluding carboxylic acids is 1. The molecule has 30 heavy (non-hydrogen) atoms. The average molecular weight is 440 g/mol. The van der Waals surface area contributed by atoms with Gasteiger partial charge in [0, 0.05) is 38.6 Å². The Morgan fingerprint density at radius 3 is 2.63 bits per heavy atom. The fourth-order valence-corrected chi connectivity index (χ4v) is 4.45. The molecule has 2 aromatic carbocycles. The molecule has 0 bridgehead atoms. The lowest BCUT2D eigenvalue weighted by Crippen LogP contribution is -2.08. The van der Waals surface area contributed by atoms with Crippen LogP contribution in [0.25, 0.3) is 6.08 Å². The zero-order chi connectivity index (χ0) is 21.3. The zero-order valence-corrected chi connectivity index (χ0v) is 18.5. The van der Waals surface area contributed by atoms with E-state index in [4.69, 9.17) is 23.2 Å².